The monoisotopic (exact) mass is 278 g/mol. The van der Waals surface area contributed by atoms with Crippen LogP contribution in [-0.4, -0.2) is 53.5 Å². The molecular weight excluding hydrogens is 260 g/mol. The van der Waals surface area contributed by atoms with Crippen LogP contribution in [0.3, 0.4) is 0 Å². The van der Waals surface area contributed by atoms with Crippen molar-refractivity contribution in [2.24, 2.45) is 5.92 Å². The molecule has 1 amide bonds. The quantitative estimate of drug-likeness (QED) is 0.539. The first-order chi connectivity index (χ1) is 7.13. The minimum absolute atomic E-state index is 0.248. The summed E-state index contributed by atoms with van der Waals surface area (Å²) in [5, 5.41) is 13.0. The highest BCUT2D eigenvalue weighted by atomic mass is 79.9. The van der Waals surface area contributed by atoms with E-state index in [2.05, 4.69) is 21.2 Å². The third kappa shape index (κ3) is 4.49. The molecule has 15 heavy (non-hydrogen) atoms. The zero-order valence-electron chi connectivity index (χ0n) is 9.08. The van der Waals surface area contributed by atoms with Crippen LogP contribution in [0.25, 0.3) is 0 Å². The van der Waals surface area contributed by atoms with E-state index in [-0.39, 0.29) is 12.0 Å². The van der Waals surface area contributed by atoms with Gasteiger partial charge in [0.05, 0.1) is 6.10 Å². The highest BCUT2D eigenvalue weighted by molar-refractivity contribution is 9.09. The van der Waals surface area contributed by atoms with Crippen LogP contribution in [0.1, 0.15) is 13.3 Å². The SMILES string of the molecule is CC(O)CNCCN1CC(CBr)CC1=O. The van der Waals surface area contributed by atoms with Crippen LogP contribution in [0.15, 0.2) is 0 Å². The van der Waals surface area contributed by atoms with Crippen molar-refractivity contribution in [2.45, 2.75) is 19.4 Å². The van der Waals surface area contributed by atoms with E-state index in [0.717, 1.165) is 25.0 Å². The summed E-state index contributed by atoms with van der Waals surface area (Å²) in [7, 11) is 0. The van der Waals surface area contributed by atoms with Crippen LogP contribution in [0.5, 0.6) is 0 Å². The lowest BCUT2D eigenvalue weighted by atomic mass is 10.2. The minimum Gasteiger partial charge on any atom is -0.392 e. The van der Waals surface area contributed by atoms with E-state index in [1.807, 2.05) is 4.90 Å². The number of nitrogens with one attached hydrogen (secondary N) is 1. The fourth-order valence-corrected chi connectivity index (χ4v) is 2.13. The number of carbonyl (C=O) groups is 1. The number of alkyl halides is 1. The molecule has 1 aliphatic heterocycles. The molecule has 0 aliphatic carbocycles. The fraction of sp³-hybridized carbons (Fsp3) is 0.900. The fourth-order valence-electron chi connectivity index (χ4n) is 1.70. The lowest BCUT2D eigenvalue weighted by molar-refractivity contribution is -0.127. The van der Waals surface area contributed by atoms with Crippen molar-refractivity contribution in [3.8, 4) is 0 Å². The molecule has 1 saturated heterocycles. The van der Waals surface area contributed by atoms with E-state index in [4.69, 9.17) is 5.11 Å². The Bertz CT molecular complexity index is 212. The van der Waals surface area contributed by atoms with E-state index >= 15 is 0 Å². The number of carbonyl (C=O) groups excluding carboxylic acids is 1. The van der Waals surface area contributed by atoms with Crippen LogP contribution in [0.2, 0.25) is 0 Å². The molecule has 0 aromatic rings. The van der Waals surface area contributed by atoms with Gasteiger partial charge in [0.1, 0.15) is 0 Å². The summed E-state index contributed by atoms with van der Waals surface area (Å²) in [6, 6.07) is 0. The predicted octanol–water partition coefficient (Wildman–Crippen LogP) is 0.200. The van der Waals surface area contributed by atoms with Gasteiger partial charge in [-0.3, -0.25) is 4.79 Å². The van der Waals surface area contributed by atoms with Gasteiger partial charge in [0.2, 0.25) is 5.91 Å². The lowest BCUT2D eigenvalue weighted by Crippen LogP contribution is -2.35. The number of nitrogens with zero attached hydrogens (tertiary/aromatic N) is 1. The zero-order valence-corrected chi connectivity index (χ0v) is 10.7. The smallest absolute Gasteiger partial charge is 0.222 e. The van der Waals surface area contributed by atoms with Crippen LogP contribution < -0.4 is 5.32 Å². The molecule has 0 saturated carbocycles. The minimum atomic E-state index is -0.324. The van der Waals surface area contributed by atoms with Crippen molar-refractivity contribution >= 4 is 21.8 Å². The van der Waals surface area contributed by atoms with Gasteiger partial charge in [0, 0.05) is 37.9 Å². The first-order valence-corrected chi connectivity index (χ1v) is 6.48. The first-order valence-electron chi connectivity index (χ1n) is 5.36. The molecule has 2 N–H and O–H groups in total. The van der Waals surface area contributed by atoms with E-state index in [1.165, 1.54) is 0 Å². The second-order valence-corrected chi connectivity index (χ2v) is 4.76. The maximum atomic E-state index is 11.5. The zero-order chi connectivity index (χ0) is 11.3. The Morgan fingerprint density at radius 3 is 3.00 bits per heavy atom. The van der Waals surface area contributed by atoms with Gasteiger partial charge in [-0.15, -0.1) is 0 Å². The topological polar surface area (TPSA) is 52.6 Å². The van der Waals surface area contributed by atoms with Gasteiger partial charge in [-0.05, 0) is 12.8 Å². The van der Waals surface area contributed by atoms with Gasteiger partial charge >= 0.3 is 0 Å². The van der Waals surface area contributed by atoms with Crippen LogP contribution in [0, 0.1) is 5.92 Å². The molecule has 4 nitrogen and oxygen atoms in total. The van der Waals surface area contributed by atoms with Gasteiger partial charge in [0.25, 0.3) is 0 Å². The highest BCUT2D eigenvalue weighted by Gasteiger charge is 2.27. The summed E-state index contributed by atoms with van der Waals surface area (Å²) in [4.78, 5) is 13.4. The van der Waals surface area contributed by atoms with Gasteiger partial charge in [-0.25, -0.2) is 0 Å². The van der Waals surface area contributed by atoms with Crippen molar-refractivity contribution < 1.29 is 9.90 Å². The van der Waals surface area contributed by atoms with Crippen LogP contribution in [-0.2, 0) is 4.79 Å². The highest BCUT2D eigenvalue weighted by Crippen LogP contribution is 2.18. The molecule has 0 radical (unpaired) electrons. The molecule has 1 aliphatic rings. The lowest BCUT2D eigenvalue weighted by Gasteiger charge is -2.16. The van der Waals surface area contributed by atoms with Crippen molar-refractivity contribution in [1.29, 1.82) is 0 Å². The second-order valence-electron chi connectivity index (χ2n) is 4.12. The summed E-state index contributed by atoms with van der Waals surface area (Å²) < 4.78 is 0. The Hall–Kier alpha value is -0.130. The first kappa shape index (κ1) is 12.9. The van der Waals surface area contributed by atoms with E-state index < -0.39 is 0 Å². The predicted molar refractivity (Wildman–Crippen MR) is 63.0 cm³/mol. The Morgan fingerprint density at radius 1 is 1.73 bits per heavy atom. The number of aliphatic hydroxyl groups is 1. The Kier molecular flexibility index (Phi) is 5.56. The molecule has 0 spiro atoms. The molecule has 0 bridgehead atoms. The third-order valence-corrected chi connectivity index (χ3v) is 3.43. The Morgan fingerprint density at radius 2 is 2.47 bits per heavy atom. The van der Waals surface area contributed by atoms with E-state index in [1.54, 1.807) is 6.92 Å². The van der Waals surface area contributed by atoms with Crippen LogP contribution in [0.4, 0.5) is 0 Å². The average Bonchev–Trinajstić information content (AvgIpc) is 2.54. The number of hydrogen-bond donors (Lipinski definition) is 2. The summed E-state index contributed by atoms with van der Waals surface area (Å²) in [6.07, 6.45) is 0.344. The summed E-state index contributed by atoms with van der Waals surface area (Å²) in [5.41, 5.74) is 0. The molecule has 1 fully saturated rings. The van der Waals surface area contributed by atoms with Crippen molar-refractivity contribution in [1.82, 2.24) is 10.2 Å². The van der Waals surface area contributed by atoms with Gasteiger partial charge in [-0.2, -0.15) is 0 Å². The molecule has 1 heterocycles. The molecule has 88 valence electrons. The molecular formula is C10H19BrN2O2. The summed E-state index contributed by atoms with van der Waals surface area (Å²) >= 11 is 3.40. The van der Waals surface area contributed by atoms with Crippen molar-refractivity contribution in [3.05, 3.63) is 0 Å². The largest absolute Gasteiger partial charge is 0.392 e. The molecule has 2 unspecified atom stereocenters. The molecule has 5 heteroatoms. The maximum Gasteiger partial charge on any atom is 0.222 e. The van der Waals surface area contributed by atoms with E-state index in [9.17, 15) is 4.79 Å². The third-order valence-electron chi connectivity index (χ3n) is 2.51. The van der Waals surface area contributed by atoms with E-state index in [0.29, 0.717) is 18.9 Å². The van der Waals surface area contributed by atoms with Gasteiger partial charge in [0.15, 0.2) is 0 Å². The van der Waals surface area contributed by atoms with Gasteiger partial charge in [-0.1, -0.05) is 15.9 Å². The summed E-state index contributed by atoms with van der Waals surface area (Å²) in [6.45, 7) is 4.69. The number of hydrogen-bond acceptors (Lipinski definition) is 3. The molecule has 0 aromatic heterocycles. The number of likely N-dealkylation sites (tertiary alicyclic amines) is 1. The number of aliphatic hydroxyl groups excluding tert-OH is 1. The van der Waals surface area contributed by atoms with Crippen molar-refractivity contribution in [2.75, 3.05) is 31.5 Å². The molecule has 0 aromatic carbocycles. The Labute approximate surface area is 99.2 Å². The normalized spacial score (nSPS) is 23.5. The van der Waals surface area contributed by atoms with Gasteiger partial charge < -0.3 is 15.3 Å². The van der Waals surface area contributed by atoms with Crippen LogP contribution >= 0.6 is 15.9 Å². The summed E-state index contributed by atoms with van der Waals surface area (Å²) in [5.74, 6) is 0.715. The molecule has 2 atom stereocenters. The average molecular weight is 279 g/mol. The maximum absolute atomic E-state index is 11.5. The second kappa shape index (κ2) is 6.45. The Balaban J connectivity index is 2.14. The standard InChI is InChI=1S/C10H19BrN2O2/c1-8(14)6-12-2-3-13-7-9(5-11)4-10(13)15/h8-9,12,14H,2-7H2,1H3. The number of halogens is 1. The molecule has 1 rings (SSSR count). The number of amides is 1. The number of rotatable bonds is 6. The van der Waals surface area contributed by atoms with Crippen molar-refractivity contribution in [3.63, 3.8) is 0 Å².